The van der Waals surface area contributed by atoms with E-state index in [-0.39, 0.29) is 0 Å². The molecule has 0 amide bonds. The molecule has 0 atom stereocenters. The topological polar surface area (TPSA) is 18.8 Å². The number of hydrogen-bond donors (Lipinski definition) is 0. The van der Waals surface area contributed by atoms with Crippen molar-refractivity contribution in [1.82, 2.24) is 9.80 Å². The molecular formula is C11H19N3. The Morgan fingerprint density at radius 1 is 1.14 bits per heavy atom. The Morgan fingerprint density at radius 2 is 2.00 bits per heavy atom. The number of likely N-dealkylation sites (tertiary alicyclic amines) is 1. The average Bonchev–Trinajstić information content (AvgIpc) is 2.72. The monoisotopic (exact) mass is 193 g/mol. The van der Waals surface area contributed by atoms with Gasteiger partial charge in [0.05, 0.1) is 0 Å². The minimum Gasteiger partial charge on any atom is -0.358 e. The minimum absolute atomic E-state index is 0.844. The van der Waals surface area contributed by atoms with Crippen molar-refractivity contribution in [2.45, 2.75) is 19.3 Å². The van der Waals surface area contributed by atoms with Crippen molar-refractivity contribution < 1.29 is 0 Å². The maximum atomic E-state index is 4.21. The molecule has 0 aromatic carbocycles. The van der Waals surface area contributed by atoms with E-state index in [0.717, 1.165) is 13.2 Å². The van der Waals surface area contributed by atoms with E-state index < -0.39 is 0 Å². The lowest BCUT2D eigenvalue weighted by molar-refractivity contribution is 0.298. The van der Waals surface area contributed by atoms with E-state index in [4.69, 9.17) is 0 Å². The first-order chi connectivity index (χ1) is 6.95. The zero-order valence-electron chi connectivity index (χ0n) is 8.73. The van der Waals surface area contributed by atoms with Gasteiger partial charge in [-0.25, -0.2) is 0 Å². The van der Waals surface area contributed by atoms with Crippen LogP contribution in [0.15, 0.2) is 17.3 Å². The lowest BCUT2D eigenvalue weighted by atomic mass is 10.3. The molecule has 0 spiro atoms. The second kappa shape index (κ2) is 5.15. The second-order valence-corrected chi connectivity index (χ2v) is 4.03. The van der Waals surface area contributed by atoms with Gasteiger partial charge in [0.1, 0.15) is 6.67 Å². The summed E-state index contributed by atoms with van der Waals surface area (Å²) in [6.07, 6.45) is 10.1. The van der Waals surface area contributed by atoms with Gasteiger partial charge < -0.3 is 9.80 Å². The summed E-state index contributed by atoms with van der Waals surface area (Å²) in [6, 6.07) is 0. The van der Waals surface area contributed by atoms with Crippen molar-refractivity contribution >= 4 is 6.21 Å². The Bertz CT molecular complexity index is 217. The molecule has 0 radical (unpaired) electrons. The van der Waals surface area contributed by atoms with Crippen LogP contribution < -0.4 is 0 Å². The van der Waals surface area contributed by atoms with Gasteiger partial charge in [0.15, 0.2) is 0 Å². The summed E-state index contributed by atoms with van der Waals surface area (Å²) in [7, 11) is 0. The highest BCUT2D eigenvalue weighted by atomic mass is 15.2. The molecule has 0 bridgehead atoms. The highest BCUT2D eigenvalue weighted by molar-refractivity contribution is 5.71. The third-order valence-corrected chi connectivity index (χ3v) is 2.87. The van der Waals surface area contributed by atoms with Gasteiger partial charge in [0.25, 0.3) is 0 Å². The molecule has 1 saturated heterocycles. The highest BCUT2D eigenvalue weighted by Crippen LogP contribution is 2.08. The van der Waals surface area contributed by atoms with E-state index >= 15 is 0 Å². The predicted octanol–water partition coefficient (Wildman–Crippen LogP) is 1.33. The lowest BCUT2D eigenvalue weighted by Crippen LogP contribution is -2.26. The molecule has 0 N–H and O–H groups in total. The molecule has 0 aliphatic carbocycles. The molecule has 0 unspecified atom stereocenters. The van der Waals surface area contributed by atoms with E-state index in [0.29, 0.717) is 0 Å². The van der Waals surface area contributed by atoms with E-state index in [2.05, 4.69) is 21.0 Å². The van der Waals surface area contributed by atoms with Crippen LogP contribution >= 0.6 is 0 Å². The molecule has 0 aromatic rings. The number of hydrogen-bond acceptors (Lipinski definition) is 3. The maximum Gasteiger partial charge on any atom is 0.109 e. The van der Waals surface area contributed by atoms with Gasteiger partial charge in [-0.1, -0.05) is 0 Å². The van der Waals surface area contributed by atoms with Gasteiger partial charge >= 0.3 is 0 Å². The normalized spacial score (nSPS) is 22.1. The Morgan fingerprint density at radius 3 is 2.71 bits per heavy atom. The number of aliphatic imine (C=N–C) groups is 1. The smallest absolute Gasteiger partial charge is 0.109 e. The van der Waals surface area contributed by atoms with Crippen molar-refractivity contribution in [1.29, 1.82) is 0 Å². The molecule has 2 aliphatic rings. The van der Waals surface area contributed by atoms with Crippen LogP contribution in [0.3, 0.4) is 0 Å². The molecule has 2 aliphatic heterocycles. The number of nitrogens with zero attached hydrogens (tertiary/aromatic N) is 3. The Labute approximate surface area is 86.1 Å². The van der Waals surface area contributed by atoms with Gasteiger partial charge in [-0.15, -0.1) is 0 Å². The summed E-state index contributed by atoms with van der Waals surface area (Å²) in [5, 5.41) is 0. The molecule has 0 saturated carbocycles. The zero-order chi connectivity index (χ0) is 9.64. The van der Waals surface area contributed by atoms with Crippen LogP contribution in [0.25, 0.3) is 0 Å². The van der Waals surface area contributed by atoms with Crippen LogP contribution in [-0.2, 0) is 0 Å². The molecule has 2 heterocycles. The van der Waals surface area contributed by atoms with Crippen LogP contribution in [0.4, 0.5) is 0 Å². The quantitative estimate of drug-likeness (QED) is 0.671. The zero-order valence-corrected chi connectivity index (χ0v) is 8.73. The fraction of sp³-hybridized carbons (Fsp3) is 0.727. The van der Waals surface area contributed by atoms with Gasteiger partial charge in [0, 0.05) is 19.0 Å². The van der Waals surface area contributed by atoms with E-state index in [1.807, 2.05) is 12.3 Å². The molecule has 0 aromatic heterocycles. The first-order valence-electron chi connectivity index (χ1n) is 5.58. The minimum atomic E-state index is 0.844. The lowest BCUT2D eigenvalue weighted by Gasteiger charge is -2.21. The summed E-state index contributed by atoms with van der Waals surface area (Å²) >= 11 is 0. The van der Waals surface area contributed by atoms with Crippen molar-refractivity contribution in [3.63, 3.8) is 0 Å². The molecule has 1 fully saturated rings. The number of rotatable bonds is 4. The predicted molar refractivity (Wildman–Crippen MR) is 59.5 cm³/mol. The molecule has 14 heavy (non-hydrogen) atoms. The summed E-state index contributed by atoms with van der Waals surface area (Å²) in [5.74, 6) is 0. The van der Waals surface area contributed by atoms with Gasteiger partial charge in [-0.05, 0) is 45.0 Å². The van der Waals surface area contributed by atoms with Crippen LogP contribution in [0, 0.1) is 0 Å². The van der Waals surface area contributed by atoms with E-state index in [1.165, 1.54) is 38.9 Å². The first kappa shape index (κ1) is 9.71. The fourth-order valence-corrected chi connectivity index (χ4v) is 2.07. The van der Waals surface area contributed by atoms with Gasteiger partial charge in [-0.3, -0.25) is 4.99 Å². The van der Waals surface area contributed by atoms with Crippen molar-refractivity contribution in [2.75, 3.05) is 32.8 Å². The summed E-state index contributed by atoms with van der Waals surface area (Å²) in [4.78, 5) is 9.05. The molecule has 78 valence electrons. The third kappa shape index (κ3) is 2.84. The van der Waals surface area contributed by atoms with Crippen molar-refractivity contribution in [3.05, 3.63) is 12.3 Å². The molecule has 3 heteroatoms. The van der Waals surface area contributed by atoms with E-state index in [1.54, 1.807) is 0 Å². The van der Waals surface area contributed by atoms with Crippen LogP contribution in [0.2, 0.25) is 0 Å². The highest BCUT2D eigenvalue weighted by Gasteiger charge is 2.10. The molecular weight excluding hydrogens is 174 g/mol. The van der Waals surface area contributed by atoms with Crippen LogP contribution in [0.1, 0.15) is 19.3 Å². The Hall–Kier alpha value is -0.830. The SMILES string of the molecule is C1=CN(CCCN2CCCC2)CN=C1. The number of allylic oxidation sites excluding steroid dienone is 1. The summed E-state index contributed by atoms with van der Waals surface area (Å²) < 4.78 is 0. The third-order valence-electron chi connectivity index (χ3n) is 2.87. The molecule has 3 nitrogen and oxygen atoms in total. The van der Waals surface area contributed by atoms with Crippen molar-refractivity contribution in [2.24, 2.45) is 4.99 Å². The van der Waals surface area contributed by atoms with Gasteiger partial charge in [-0.2, -0.15) is 0 Å². The second-order valence-electron chi connectivity index (χ2n) is 4.03. The van der Waals surface area contributed by atoms with Crippen LogP contribution in [-0.4, -0.2) is 48.9 Å². The van der Waals surface area contributed by atoms with Crippen LogP contribution in [0.5, 0.6) is 0 Å². The van der Waals surface area contributed by atoms with E-state index in [9.17, 15) is 0 Å². The summed E-state index contributed by atoms with van der Waals surface area (Å²) in [5.41, 5.74) is 0. The average molecular weight is 193 g/mol. The Kier molecular flexibility index (Phi) is 3.57. The molecule has 2 rings (SSSR count). The van der Waals surface area contributed by atoms with Crippen molar-refractivity contribution in [3.8, 4) is 0 Å². The summed E-state index contributed by atoms with van der Waals surface area (Å²) in [6.45, 7) is 5.87. The largest absolute Gasteiger partial charge is 0.358 e. The van der Waals surface area contributed by atoms with Gasteiger partial charge in [0.2, 0.25) is 0 Å². The standard InChI is InChI=1S/C11H19N3/c1-2-7-13(6-1)9-4-10-14-8-3-5-12-11-14/h3,5,8H,1-2,4,6-7,9-11H2. The fourth-order valence-electron chi connectivity index (χ4n) is 2.07. The maximum absolute atomic E-state index is 4.21. The Balaban J connectivity index is 1.58. The first-order valence-corrected chi connectivity index (χ1v) is 5.58.